The van der Waals surface area contributed by atoms with E-state index in [0.29, 0.717) is 18.5 Å². The number of aliphatic hydroxyl groups is 1. The van der Waals surface area contributed by atoms with Crippen molar-refractivity contribution < 1.29 is 14.3 Å². The van der Waals surface area contributed by atoms with Crippen molar-refractivity contribution in [1.82, 2.24) is 14.7 Å². The number of hydrogen-bond acceptors (Lipinski definition) is 3. The Bertz CT molecular complexity index is 716. The van der Waals surface area contributed by atoms with E-state index >= 15 is 0 Å². The second-order valence-corrected chi connectivity index (χ2v) is 6.09. The lowest BCUT2D eigenvalue weighted by Gasteiger charge is -2.22. The van der Waals surface area contributed by atoms with Gasteiger partial charge in [0.1, 0.15) is 5.82 Å². The van der Waals surface area contributed by atoms with Gasteiger partial charge in [0.05, 0.1) is 18.8 Å². The number of nitrogens with zero attached hydrogens (tertiary/aromatic N) is 3. The van der Waals surface area contributed by atoms with Crippen LogP contribution in [-0.2, 0) is 17.9 Å². The predicted octanol–water partition coefficient (Wildman–Crippen LogP) is 2.17. The first-order chi connectivity index (χ1) is 11.7. The van der Waals surface area contributed by atoms with Gasteiger partial charge in [-0.1, -0.05) is 18.2 Å². The van der Waals surface area contributed by atoms with Gasteiger partial charge >= 0.3 is 0 Å². The summed E-state index contributed by atoms with van der Waals surface area (Å²) in [6.07, 6.45) is 2.37. The monoisotopic (exact) mass is 331 g/mol. The molecule has 0 aliphatic heterocycles. The maximum Gasteiger partial charge on any atom is 0.226 e. The first kappa shape index (κ1) is 16.6. The van der Waals surface area contributed by atoms with E-state index < -0.39 is 0 Å². The number of hydrogen-bond donors (Lipinski definition) is 1. The summed E-state index contributed by atoms with van der Waals surface area (Å²) in [6.45, 7) is 3.31. The Morgan fingerprint density at radius 2 is 2.21 bits per heavy atom. The molecule has 2 atom stereocenters. The highest BCUT2D eigenvalue weighted by molar-refractivity contribution is 5.83. The lowest BCUT2D eigenvalue weighted by Crippen LogP contribution is -2.35. The van der Waals surface area contributed by atoms with Crippen molar-refractivity contribution in [2.45, 2.75) is 32.4 Å². The highest BCUT2D eigenvalue weighted by atomic mass is 19.1. The number of carbonyl (C=O) groups excluding carboxylic acids is 1. The van der Waals surface area contributed by atoms with Crippen molar-refractivity contribution >= 4 is 5.91 Å². The van der Waals surface area contributed by atoms with E-state index in [1.165, 1.54) is 6.07 Å². The van der Waals surface area contributed by atoms with Gasteiger partial charge in [-0.3, -0.25) is 9.48 Å². The van der Waals surface area contributed by atoms with Gasteiger partial charge in [0, 0.05) is 25.2 Å². The molecule has 1 aromatic carbocycles. The predicted molar refractivity (Wildman–Crippen MR) is 87.7 cm³/mol. The highest BCUT2D eigenvalue weighted by Gasteiger charge is 2.46. The molecule has 0 bridgehead atoms. The molecule has 1 N–H and O–H groups in total. The number of benzene rings is 1. The maximum atomic E-state index is 13.9. The van der Waals surface area contributed by atoms with Crippen molar-refractivity contribution in [1.29, 1.82) is 0 Å². The average molecular weight is 331 g/mol. The summed E-state index contributed by atoms with van der Waals surface area (Å²) in [7, 11) is 0. The van der Waals surface area contributed by atoms with Gasteiger partial charge in [-0.25, -0.2) is 4.39 Å². The molecular formula is C18H22FN3O2. The molecule has 1 saturated carbocycles. The molecule has 6 heteroatoms. The van der Waals surface area contributed by atoms with Crippen LogP contribution < -0.4 is 0 Å². The van der Waals surface area contributed by atoms with Gasteiger partial charge in [0.25, 0.3) is 0 Å². The highest BCUT2D eigenvalue weighted by Crippen LogP contribution is 2.49. The van der Waals surface area contributed by atoms with Crippen LogP contribution in [-0.4, -0.2) is 38.8 Å². The number of aryl methyl sites for hydroxylation is 1. The minimum absolute atomic E-state index is 0.0267. The normalized spacial score (nSPS) is 19.3. The number of halogens is 1. The van der Waals surface area contributed by atoms with Gasteiger partial charge in [0.15, 0.2) is 0 Å². The van der Waals surface area contributed by atoms with Crippen LogP contribution in [0.25, 0.3) is 0 Å². The number of rotatable bonds is 7. The van der Waals surface area contributed by atoms with Crippen LogP contribution in [0.4, 0.5) is 4.39 Å². The minimum atomic E-state index is -0.254. The first-order valence-corrected chi connectivity index (χ1v) is 8.30. The summed E-state index contributed by atoms with van der Waals surface area (Å²) in [5, 5.41) is 13.5. The van der Waals surface area contributed by atoms with Gasteiger partial charge in [0.2, 0.25) is 5.91 Å². The van der Waals surface area contributed by atoms with E-state index in [2.05, 4.69) is 5.10 Å². The van der Waals surface area contributed by atoms with E-state index in [1.54, 1.807) is 29.3 Å². The van der Waals surface area contributed by atoms with Crippen LogP contribution >= 0.6 is 0 Å². The SMILES string of the molecule is CCn1nccc1CN(CCO)C(=O)[C@@H]1C[C@@H]1c1ccccc1F. The quantitative estimate of drug-likeness (QED) is 0.846. The van der Waals surface area contributed by atoms with Crippen LogP contribution in [0.1, 0.15) is 30.5 Å². The maximum absolute atomic E-state index is 13.9. The molecule has 1 aliphatic carbocycles. The van der Waals surface area contributed by atoms with Crippen molar-refractivity contribution in [2.75, 3.05) is 13.2 Å². The number of aliphatic hydroxyl groups excluding tert-OH is 1. The van der Waals surface area contributed by atoms with E-state index in [0.717, 1.165) is 12.2 Å². The van der Waals surface area contributed by atoms with E-state index in [4.69, 9.17) is 0 Å². The standard InChI is InChI=1S/C18H22FN3O2/c1-2-22-13(7-8-20-22)12-21(9-10-23)18(24)16-11-15(16)14-5-3-4-6-17(14)19/h3-8,15-16,23H,2,9-12H2,1H3/t15-,16-/m1/s1. The van der Waals surface area contributed by atoms with Crippen molar-refractivity contribution in [3.63, 3.8) is 0 Å². The summed E-state index contributed by atoms with van der Waals surface area (Å²) in [5.41, 5.74) is 1.54. The summed E-state index contributed by atoms with van der Waals surface area (Å²) < 4.78 is 15.7. The summed E-state index contributed by atoms with van der Waals surface area (Å²) >= 11 is 0. The summed E-state index contributed by atoms with van der Waals surface area (Å²) in [4.78, 5) is 14.4. The molecule has 0 saturated heterocycles. The molecule has 0 unspecified atom stereocenters. The molecule has 1 aliphatic rings. The molecule has 0 radical (unpaired) electrons. The fourth-order valence-electron chi connectivity index (χ4n) is 3.18. The Hall–Kier alpha value is -2.21. The Labute approximate surface area is 140 Å². The molecule has 1 aromatic heterocycles. The number of carbonyl (C=O) groups is 1. The zero-order chi connectivity index (χ0) is 17.1. The van der Waals surface area contributed by atoms with Gasteiger partial charge in [-0.2, -0.15) is 5.10 Å². The zero-order valence-electron chi connectivity index (χ0n) is 13.7. The number of amides is 1. The second kappa shape index (κ2) is 7.13. The Balaban J connectivity index is 1.71. The molecule has 0 spiro atoms. The van der Waals surface area contributed by atoms with Crippen LogP contribution in [0.5, 0.6) is 0 Å². The average Bonchev–Trinajstić information content (AvgIpc) is 3.25. The largest absolute Gasteiger partial charge is 0.395 e. The molecule has 5 nitrogen and oxygen atoms in total. The van der Waals surface area contributed by atoms with E-state index in [-0.39, 0.29) is 36.7 Å². The van der Waals surface area contributed by atoms with Crippen molar-refractivity contribution in [2.24, 2.45) is 5.92 Å². The fraction of sp³-hybridized carbons (Fsp3) is 0.444. The Morgan fingerprint density at radius 1 is 1.42 bits per heavy atom. The third-order valence-corrected chi connectivity index (χ3v) is 4.55. The van der Waals surface area contributed by atoms with Gasteiger partial charge in [-0.05, 0) is 37.0 Å². The molecule has 1 heterocycles. The molecule has 1 amide bonds. The first-order valence-electron chi connectivity index (χ1n) is 8.30. The minimum Gasteiger partial charge on any atom is -0.395 e. The van der Waals surface area contributed by atoms with Crippen LogP contribution in [0, 0.1) is 11.7 Å². The molecule has 24 heavy (non-hydrogen) atoms. The third kappa shape index (κ3) is 3.33. The van der Waals surface area contributed by atoms with Gasteiger partial charge in [-0.15, -0.1) is 0 Å². The lowest BCUT2D eigenvalue weighted by molar-refractivity contribution is -0.133. The van der Waals surface area contributed by atoms with Crippen LogP contribution in [0.3, 0.4) is 0 Å². The van der Waals surface area contributed by atoms with Crippen LogP contribution in [0.2, 0.25) is 0 Å². The third-order valence-electron chi connectivity index (χ3n) is 4.55. The topological polar surface area (TPSA) is 58.4 Å². The number of aromatic nitrogens is 2. The molecule has 3 rings (SSSR count). The van der Waals surface area contributed by atoms with Crippen molar-refractivity contribution in [3.05, 3.63) is 53.6 Å². The Morgan fingerprint density at radius 3 is 2.92 bits per heavy atom. The summed E-state index contributed by atoms with van der Waals surface area (Å²) in [5.74, 6) is -0.542. The molecule has 1 fully saturated rings. The lowest BCUT2D eigenvalue weighted by atomic mass is 10.1. The summed E-state index contributed by atoms with van der Waals surface area (Å²) in [6, 6.07) is 8.50. The molecule has 128 valence electrons. The smallest absolute Gasteiger partial charge is 0.226 e. The van der Waals surface area contributed by atoms with Crippen molar-refractivity contribution in [3.8, 4) is 0 Å². The second-order valence-electron chi connectivity index (χ2n) is 6.09. The van der Waals surface area contributed by atoms with Gasteiger partial charge < -0.3 is 10.0 Å². The molecular weight excluding hydrogens is 309 g/mol. The zero-order valence-corrected chi connectivity index (χ0v) is 13.7. The van der Waals surface area contributed by atoms with E-state index in [9.17, 15) is 14.3 Å². The van der Waals surface area contributed by atoms with Crippen LogP contribution in [0.15, 0.2) is 36.5 Å². The van der Waals surface area contributed by atoms with E-state index in [1.807, 2.05) is 17.7 Å². The Kier molecular flexibility index (Phi) is 4.94. The fourth-order valence-corrected chi connectivity index (χ4v) is 3.18. The molecule has 2 aromatic rings.